The van der Waals surface area contributed by atoms with Crippen molar-refractivity contribution in [2.24, 2.45) is 5.73 Å². The highest BCUT2D eigenvalue weighted by molar-refractivity contribution is 5.20. The van der Waals surface area contributed by atoms with Crippen molar-refractivity contribution >= 4 is 0 Å². The number of benzene rings is 2. The lowest BCUT2D eigenvalue weighted by atomic mass is 9.92. The molecule has 20 heavy (non-hydrogen) atoms. The lowest BCUT2D eigenvalue weighted by Gasteiger charge is -2.30. The van der Waals surface area contributed by atoms with Crippen LogP contribution < -0.4 is 11.1 Å². The molecule has 3 N–H and O–H groups in total. The Morgan fingerprint density at radius 2 is 1.65 bits per heavy atom. The molecule has 0 saturated heterocycles. The molecule has 2 rings (SSSR count). The Balaban J connectivity index is 1.99. The molecule has 0 fully saturated rings. The van der Waals surface area contributed by atoms with E-state index in [0.29, 0.717) is 6.54 Å². The molecule has 0 aliphatic carbocycles. The molecule has 0 bridgehead atoms. The first-order valence-corrected chi connectivity index (χ1v) is 6.85. The molecule has 0 amide bonds. The fourth-order valence-electron chi connectivity index (χ4n) is 2.17. The molecule has 0 aliphatic rings. The third-order valence-corrected chi connectivity index (χ3v) is 3.52. The maximum Gasteiger partial charge on any atom is 0.123 e. The first-order chi connectivity index (χ1) is 9.61. The topological polar surface area (TPSA) is 38.0 Å². The zero-order chi connectivity index (χ0) is 14.4. The summed E-state index contributed by atoms with van der Waals surface area (Å²) in [4.78, 5) is 0. The molecule has 0 radical (unpaired) electrons. The minimum atomic E-state index is -0.208. The van der Waals surface area contributed by atoms with Crippen LogP contribution in [0.1, 0.15) is 18.1 Å². The van der Waals surface area contributed by atoms with Gasteiger partial charge in [-0.25, -0.2) is 4.39 Å². The van der Waals surface area contributed by atoms with Crippen molar-refractivity contribution in [1.29, 1.82) is 0 Å². The monoisotopic (exact) mass is 272 g/mol. The molecule has 2 aromatic carbocycles. The van der Waals surface area contributed by atoms with Crippen LogP contribution in [-0.4, -0.2) is 12.1 Å². The standard InChI is InChI=1S/C17H21FN2/c1-17(13-19,11-14-7-9-16(18)10-8-14)20-12-15-5-3-2-4-6-15/h2-10,20H,11-13,19H2,1H3. The molecule has 0 saturated carbocycles. The Bertz CT molecular complexity index is 524. The van der Waals surface area contributed by atoms with Crippen molar-refractivity contribution in [3.05, 3.63) is 71.5 Å². The van der Waals surface area contributed by atoms with E-state index >= 15 is 0 Å². The largest absolute Gasteiger partial charge is 0.329 e. The molecule has 3 heteroatoms. The summed E-state index contributed by atoms with van der Waals surface area (Å²) in [5, 5.41) is 3.51. The second-order valence-electron chi connectivity index (χ2n) is 5.41. The summed E-state index contributed by atoms with van der Waals surface area (Å²) >= 11 is 0. The molecule has 1 atom stereocenters. The van der Waals surface area contributed by atoms with E-state index in [2.05, 4.69) is 24.4 Å². The minimum Gasteiger partial charge on any atom is -0.329 e. The molecule has 1 unspecified atom stereocenters. The summed E-state index contributed by atoms with van der Waals surface area (Å²) in [6.45, 7) is 3.40. The second kappa shape index (κ2) is 6.64. The number of hydrogen-bond donors (Lipinski definition) is 2. The molecular weight excluding hydrogens is 251 g/mol. The van der Waals surface area contributed by atoms with E-state index in [1.54, 1.807) is 0 Å². The zero-order valence-corrected chi connectivity index (χ0v) is 11.8. The van der Waals surface area contributed by atoms with Crippen LogP contribution in [0.5, 0.6) is 0 Å². The highest BCUT2D eigenvalue weighted by Crippen LogP contribution is 2.14. The van der Waals surface area contributed by atoms with Crippen molar-refractivity contribution < 1.29 is 4.39 Å². The van der Waals surface area contributed by atoms with Crippen molar-refractivity contribution in [2.75, 3.05) is 6.54 Å². The van der Waals surface area contributed by atoms with Gasteiger partial charge in [0.2, 0.25) is 0 Å². The molecular formula is C17H21FN2. The van der Waals surface area contributed by atoms with Crippen LogP contribution in [0, 0.1) is 5.82 Å². The minimum absolute atomic E-state index is 0.201. The molecule has 0 heterocycles. The average molecular weight is 272 g/mol. The van der Waals surface area contributed by atoms with Gasteiger partial charge in [0.25, 0.3) is 0 Å². The third-order valence-electron chi connectivity index (χ3n) is 3.52. The number of hydrogen-bond acceptors (Lipinski definition) is 2. The summed E-state index contributed by atoms with van der Waals surface area (Å²) in [6, 6.07) is 16.8. The van der Waals surface area contributed by atoms with E-state index in [1.165, 1.54) is 17.7 Å². The number of nitrogens with one attached hydrogen (secondary N) is 1. The Kier molecular flexibility index (Phi) is 4.88. The summed E-state index contributed by atoms with van der Waals surface area (Å²) in [5.74, 6) is -0.208. The van der Waals surface area contributed by atoms with Gasteiger partial charge in [-0.1, -0.05) is 42.5 Å². The Morgan fingerprint density at radius 1 is 1.00 bits per heavy atom. The summed E-state index contributed by atoms with van der Waals surface area (Å²) < 4.78 is 12.9. The van der Waals surface area contributed by atoms with Gasteiger partial charge < -0.3 is 11.1 Å². The third kappa shape index (κ3) is 4.15. The maximum absolute atomic E-state index is 12.9. The Hall–Kier alpha value is -1.71. The average Bonchev–Trinajstić information content (AvgIpc) is 2.49. The highest BCUT2D eigenvalue weighted by atomic mass is 19.1. The van der Waals surface area contributed by atoms with Gasteiger partial charge in [0, 0.05) is 18.6 Å². The van der Waals surface area contributed by atoms with E-state index in [9.17, 15) is 4.39 Å². The fourth-order valence-corrected chi connectivity index (χ4v) is 2.17. The predicted molar refractivity (Wildman–Crippen MR) is 80.8 cm³/mol. The maximum atomic E-state index is 12.9. The van der Waals surface area contributed by atoms with Gasteiger partial charge in [0.05, 0.1) is 0 Å². The fraction of sp³-hybridized carbons (Fsp3) is 0.294. The zero-order valence-electron chi connectivity index (χ0n) is 11.8. The molecule has 2 aromatic rings. The Morgan fingerprint density at radius 3 is 2.25 bits per heavy atom. The summed E-state index contributed by atoms with van der Waals surface area (Å²) in [6.07, 6.45) is 0.774. The summed E-state index contributed by atoms with van der Waals surface area (Å²) in [7, 11) is 0. The van der Waals surface area contributed by atoms with E-state index < -0.39 is 0 Å². The molecule has 106 valence electrons. The normalized spacial score (nSPS) is 13.9. The van der Waals surface area contributed by atoms with E-state index in [1.807, 2.05) is 30.3 Å². The lowest BCUT2D eigenvalue weighted by Crippen LogP contribution is -2.50. The Labute approximate surface area is 119 Å². The van der Waals surface area contributed by atoms with Crippen LogP contribution in [0.15, 0.2) is 54.6 Å². The quantitative estimate of drug-likeness (QED) is 0.848. The second-order valence-corrected chi connectivity index (χ2v) is 5.41. The van der Waals surface area contributed by atoms with Gasteiger partial charge >= 0.3 is 0 Å². The number of halogens is 1. The van der Waals surface area contributed by atoms with E-state index in [-0.39, 0.29) is 11.4 Å². The highest BCUT2D eigenvalue weighted by Gasteiger charge is 2.22. The van der Waals surface area contributed by atoms with Crippen LogP contribution in [0.2, 0.25) is 0 Å². The first kappa shape index (κ1) is 14.7. The summed E-state index contributed by atoms with van der Waals surface area (Å²) in [5.41, 5.74) is 8.02. The van der Waals surface area contributed by atoms with Gasteiger partial charge in [-0.15, -0.1) is 0 Å². The van der Waals surface area contributed by atoms with Crippen LogP contribution >= 0.6 is 0 Å². The molecule has 0 aliphatic heterocycles. The van der Waals surface area contributed by atoms with Crippen molar-refractivity contribution in [1.82, 2.24) is 5.32 Å². The van der Waals surface area contributed by atoms with Crippen molar-refractivity contribution in [3.63, 3.8) is 0 Å². The molecule has 0 aromatic heterocycles. The van der Waals surface area contributed by atoms with Gasteiger partial charge in [-0.3, -0.25) is 0 Å². The van der Waals surface area contributed by atoms with E-state index in [4.69, 9.17) is 5.73 Å². The smallest absolute Gasteiger partial charge is 0.123 e. The van der Waals surface area contributed by atoms with Crippen molar-refractivity contribution in [2.45, 2.75) is 25.4 Å². The van der Waals surface area contributed by atoms with Crippen LogP contribution in [-0.2, 0) is 13.0 Å². The molecule has 2 nitrogen and oxygen atoms in total. The van der Waals surface area contributed by atoms with Gasteiger partial charge in [-0.2, -0.15) is 0 Å². The van der Waals surface area contributed by atoms with Crippen LogP contribution in [0.3, 0.4) is 0 Å². The van der Waals surface area contributed by atoms with Gasteiger partial charge in [-0.05, 0) is 36.6 Å². The van der Waals surface area contributed by atoms with Crippen LogP contribution in [0.4, 0.5) is 4.39 Å². The van der Waals surface area contributed by atoms with Crippen molar-refractivity contribution in [3.8, 4) is 0 Å². The molecule has 0 spiro atoms. The van der Waals surface area contributed by atoms with Crippen LogP contribution in [0.25, 0.3) is 0 Å². The predicted octanol–water partition coefficient (Wildman–Crippen LogP) is 2.88. The lowest BCUT2D eigenvalue weighted by molar-refractivity contribution is 0.359. The number of rotatable bonds is 6. The number of nitrogens with two attached hydrogens (primary N) is 1. The van der Waals surface area contributed by atoms with Gasteiger partial charge in [0.1, 0.15) is 5.82 Å². The SMILES string of the molecule is CC(CN)(Cc1ccc(F)cc1)NCc1ccccc1. The first-order valence-electron chi connectivity index (χ1n) is 6.85. The van der Waals surface area contributed by atoms with E-state index in [0.717, 1.165) is 18.5 Å². The van der Waals surface area contributed by atoms with Gasteiger partial charge in [0.15, 0.2) is 0 Å².